The van der Waals surface area contributed by atoms with E-state index in [1.54, 1.807) is 6.92 Å². The molecule has 0 spiro atoms. The Labute approximate surface area is 203 Å². The molecule has 8 heteroatoms. The van der Waals surface area contributed by atoms with Gasteiger partial charge in [-0.3, -0.25) is 14.4 Å². The van der Waals surface area contributed by atoms with E-state index in [2.05, 4.69) is 17.2 Å². The summed E-state index contributed by atoms with van der Waals surface area (Å²) in [6.07, 6.45) is 12.1. The van der Waals surface area contributed by atoms with Gasteiger partial charge in [0.25, 0.3) is 5.91 Å². The molecule has 0 saturated carbocycles. The van der Waals surface area contributed by atoms with Gasteiger partial charge in [-0.05, 0) is 25.2 Å². The van der Waals surface area contributed by atoms with Crippen molar-refractivity contribution in [3.63, 3.8) is 0 Å². The van der Waals surface area contributed by atoms with Crippen molar-refractivity contribution in [1.82, 2.24) is 5.32 Å². The van der Waals surface area contributed by atoms with Gasteiger partial charge in [-0.2, -0.15) is 0 Å². The molecule has 168 valence electrons. The standard InChI is InChI=1S/C11H18N2O3.C11H22O2.Na/c1-4-6-7(3)11(5-2)8(14)12-10(16)13-9(11)15;1-2-3-4-5-6-7-8-9-10-11(12)13;/h7H,4-6H2,1-3H3,(H2,12,13,14,15,16);2-10H2,1H3,(H,12,13);/q;;+1/p-1. The molecular weight excluding hydrogens is 395 g/mol. The first-order valence-corrected chi connectivity index (χ1v) is 11.1. The number of aliphatic carboxylic acids is 1. The third-order valence-corrected chi connectivity index (χ3v) is 5.58. The molecule has 0 radical (unpaired) electrons. The fourth-order valence-corrected chi connectivity index (χ4v) is 3.71. The van der Waals surface area contributed by atoms with Crippen molar-refractivity contribution in [1.29, 1.82) is 0 Å². The van der Waals surface area contributed by atoms with Crippen LogP contribution in [0.2, 0.25) is 0 Å². The van der Waals surface area contributed by atoms with E-state index in [-0.39, 0.29) is 35.5 Å². The molecule has 0 saturated heterocycles. The molecule has 0 fully saturated rings. The summed E-state index contributed by atoms with van der Waals surface area (Å²) >= 11 is 0. The summed E-state index contributed by atoms with van der Waals surface area (Å²) in [6, 6.07) is -0.845. The maximum Gasteiger partial charge on any atom is 1.00 e. The molecular formula is C22H39N2NaO5. The summed E-state index contributed by atoms with van der Waals surface area (Å²) in [5.74, 6) is -1.86. The van der Waals surface area contributed by atoms with E-state index in [1.807, 2.05) is 13.8 Å². The number of carboxylic acid groups (broad SMARTS) is 1. The van der Waals surface area contributed by atoms with Crippen LogP contribution >= 0.6 is 0 Å². The first kappa shape index (κ1) is 31.3. The van der Waals surface area contributed by atoms with Gasteiger partial charge in [0.05, 0.1) is 6.02 Å². The molecule has 2 atom stereocenters. The smallest absolute Gasteiger partial charge is 0.846 e. The number of carboxylic acids is 1. The number of unbranched alkanes of at least 4 members (excludes halogenated alkanes) is 7. The second-order valence-electron chi connectivity index (χ2n) is 7.81. The van der Waals surface area contributed by atoms with Crippen LogP contribution in [0.4, 0.5) is 0 Å². The van der Waals surface area contributed by atoms with Crippen LogP contribution in [0.5, 0.6) is 0 Å². The molecule has 0 bridgehead atoms. The Hall–Kier alpha value is -0.920. The second-order valence-corrected chi connectivity index (χ2v) is 7.81. The quantitative estimate of drug-likeness (QED) is 0.252. The van der Waals surface area contributed by atoms with E-state index in [0.717, 1.165) is 25.7 Å². The number of amidine groups is 1. The summed E-state index contributed by atoms with van der Waals surface area (Å²) in [7, 11) is 0. The van der Waals surface area contributed by atoms with Gasteiger partial charge in [0.15, 0.2) is 0 Å². The SMILES string of the molecule is CCCC(C)C1(CC)C(=O)N=C([O-])NC1=O.CCCCCCCCCCC(=O)O.[Na+]. The fourth-order valence-electron chi connectivity index (χ4n) is 3.71. The van der Waals surface area contributed by atoms with Gasteiger partial charge in [-0.1, -0.05) is 79.1 Å². The molecule has 0 aromatic rings. The van der Waals surface area contributed by atoms with Crippen LogP contribution in [0, 0.1) is 11.3 Å². The van der Waals surface area contributed by atoms with E-state index in [4.69, 9.17) is 5.11 Å². The van der Waals surface area contributed by atoms with E-state index in [0.29, 0.717) is 12.8 Å². The van der Waals surface area contributed by atoms with Gasteiger partial charge in [0, 0.05) is 6.42 Å². The molecule has 2 N–H and O–H groups in total. The van der Waals surface area contributed by atoms with Crippen molar-refractivity contribution in [3.8, 4) is 0 Å². The number of amides is 2. The van der Waals surface area contributed by atoms with Gasteiger partial charge < -0.3 is 15.5 Å². The Morgan fingerprint density at radius 1 is 1.03 bits per heavy atom. The van der Waals surface area contributed by atoms with Crippen molar-refractivity contribution in [2.45, 2.75) is 105 Å². The zero-order valence-electron chi connectivity index (χ0n) is 19.6. The van der Waals surface area contributed by atoms with E-state index >= 15 is 0 Å². The van der Waals surface area contributed by atoms with Crippen molar-refractivity contribution in [3.05, 3.63) is 0 Å². The third kappa shape index (κ3) is 10.9. The first-order valence-electron chi connectivity index (χ1n) is 11.1. The maximum atomic E-state index is 11.9. The number of carbonyl (C=O) groups excluding carboxylic acids is 2. The molecule has 2 amide bonds. The Morgan fingerprint density at radius 3 is 2.00 bits per heavy atom. The zero-order valence-corrected chi connectivity index (χ0v) is 21.6. The minimum atomic E-state index is -1.15. The third-order valence-electron chi connectivity index (χ3n) is 5.58. The molecule has 1 heterocycles. The summed E-state index contributed by atoms with van der Waals surface area (Å²) in [4.78, 5) is 37.2. The number of hydrogen-bond acceptors (Lipinski definition) is 4. The zero-order chi connectivity index (χ0) is 22.3. The molecule has 1 aliphatic heterocycles. The van der Waals surface area contributed by atoms with Crippen LogP contribution < -0.4 is 40.0 Å². The largest absolute Gasteiger partial charge is 1.00 e. The van der Waals surface area contributed by atoms with Gasteiger partial charge >= 0.3 is 35.5 Å². The van der Waals surface area contributed by atoms with Crippen LogP contribution in [0.1, 0.15) is 105 Å². The number of nitrogens with one attached hydrogen (secondary N) is 1. The average Bonchev–Trinajstić information content (AvgIpc) is 2.64. The second kappa shape index (κ2) is 17.7. The average molecular weight is 435 g/mol. The van der Waals surface area contributed by atoms with Crippen molar-refractivity contribution in [2.75, 3.05) is 0 Å². The van der Waals surface area contributed by atoms with E-state index < -0.39 is 29.2 Å². The van der Waals surface area contributed by atoms with Crippen molar-refractivity contribution >= 4 is 23.8 Å². The Morgan fingerprint density at radius 2 is 1.57 bits per heavy atom. The summed E-state index contributed by atoms with van der Waals surface area (Å²) in [5.41, 5.74) is -1.15. The normalized spacial score (nSPS) is 19.0. The summed E-state index contributed by atoms with van der Waals surface area (Å²) in [6.45, 7) is 7.84. The molecule has 0 aromatic heterocycles. The molecule has 2 unspecified atom stereocenters. The topological polar surface area (TPSA) is 119 Å². The Kier molecular flexibility index (Phi) is 18.5. The van der Waals surface area contributed by atoms with Gasteiger partial charge in [-0.25, -0.2) is 4.99 Å². The van der Waals surface area contributed by atoms with Crippen molar-refractivity contribution < 1.29 is 54.2 Å². The number of aliphatic imine (C=N–C) groups is 1. The summed E-state index contributed by atoms with van der Waals surface area (Å²) in [5, 5.41) is 21.5. The molecule has 1 aliphatic rings. The van der Waals surface area contributed by atoms with Gasteiger partial charge in [0.1, 0.15) is 5.41 Å². The van der Waals surface area contributed by atoms with Gasteiger partial charge in [0.2, 0.25) is 5.91 Å². The van der Waals surface area contributed by atoms with Crippen LogP contribution in [0.3, 0.4) is 0 Å². The van der Waals surface area contributed by atoms with Crippen LogP contribution in [-0.2, 0) is 14.4 Å². The molecule has 1 rings (SSSR count). The minimum absolute atomic E-state index is 0. The molecule has 30 heavy (non-hydrogen) atoms. The Bertz CT molecular complexity index is 554. The van der Waals surface area contributed by atoms with Crippen LogP contribution in [0.15, 0.2) is 4.99 Å². The number of rotatable bonds is 13. The first-order chi connectivity index (χ1) is 13.8. The summed E-state index contributed by atoms with van der Waals surface area (Å²) < 4.78 is 0. The molecule has 0 aromatic carbocycles. The number of hydrogen-bond donors (Lipinski definition) is 2. The Balaban J connectivity index is 0. The number of carbonyl (C=O) groups is 3. The van der Waals surface area contributed by atoms with E-state index in [9.17, 15) is 19.5 Å². The predicted octanol–water partition coefficient (Wildman–Crippen LogP) is 0.798. The van der Waals surface area contributed by atoms with E-state index in [1.165, 1.54) is 38.5 Å². The minimum Gasteiger partial charge on any atom is -0.846 e. The molecule has 7 nitrogen and oxygen atoms in total. The number of nitrogens with zero attached hydrogens (tertiary/aromatic N) is 1. The van der Waals surface area contributed by atoms with Crippen LogP contribution in [0.25, 0.3) is 0 Å². The maximum absolute atomic E-state index is 11.9. The van der Waals surface area contributed by atoms with Gasteiger partial charge in [-0.15, -0.1) is 0 Å². The monoisotopic (exact) mass is 434 g/mol. The van der Waals surface area contributed by atoms with Crippen LogP contribution in [-0.4, -0.2) is 28.9 Å². The predicted molar refractivity (Wildman–Crippen MR) is 112 cm³/mol. The fraction of sp³-hybridized carbons (Fsp3) is 0.818. The van der Waals surface area contributed by atoms with Crippen molar-refractivity contribution in [2.24, 2.45) is 16.3 Å². The molecule has 0 aliphatic carbocycles.